The third-order valence-electron chi connectivity index (χ3n) is 3.64. The number of nitrogens with zero attached hydrogens (tertiary/aromatic N) is 1. The van der Waals surface area contributed by atoms with Gasteiger partial charge in [-0.2, -0.15) is 0 Å². The summed E-state index contributed by atoms with van der Waals surface area (Å²) in [6, 6.07) is 7.51. The summed E-state index contributed by atoms with van der Waals surface area (Å²) in [5, 5.41) is 0.820. The lowest BCUT2D eigenvalue weighted by Gasteiger charge is -2.28. The van der Waals surface area contributed by atoms with Crippen molar-refractivity contribution >= 4 is 29.3 Å². The Hall–Kier alpha value is -1.52. The third kappa shape index (κ3) is 2.97. The SMILES string of the molecule is CN1CCC(OC(=O)c2coc3ccccc23)CC1.Cl. The van der Waals surface area contributed by atoms with Gasteiger partial charge in [-0.3, -0.25) is 0 Å². The zero-order chi connectivity index (χ0) is 13.2. The van der Waals surface area contributed by atoms with Crippen LogP contribution in [-0.4, -0.2) is 37.1 Å². The molecule has 1 aliphatic heterocycles. The van der Waals surface area contributed by atoms with E-state index in [1.807, 2.05) is 24.3 Å². The summed E-state index contributed by atoms with van der Waals surface area (Å²) >= 11 is 0. The molecule has 3 rings (SSSR count). The maximum atomic E-state index is 12.2. The number of fused-ring (bicyclic) bond motifs is 1. The van der Waals surface area contributed by atoms with Crippen LogP contribution in [0.15, 0.2) is 34.9 Å². The molecular weight excluding hydrogens is 278 g/mol. The van der Waals surface area contributed by atoms with Crippen molar-refractivity contribution in [3.63, 3.8) is 0 Å². The van der Waals surface area contributed by atoms with Crippen molar-refractivity contribution in [2.75, 3.05) is 20.1 Å². The predicted molar refractivity (Wildman–Crippen MR) is 79.4 cm³/mol. The summed E-state index contributed by atoms with van der Waals surface area (Å²) in [6.45, 7) is 1.95. The van der Waals surface area contributed by atoms with E-state index in [2.05, 4.69) is 11.9 Å². The van der Waals surface area contributed by atoms with Crippen molar-refractivity contribution in [1.82, 2.24) is 4.90 Å². The maximum absolute atomic E-state index is 12.2. The molecule has 0 N–H and O–H groups in total. The summed E-state index contributed by atoms with van der Waals surface area (Å²) in [5.41, 5.74) is 1.24. The number of carbonyl (C=O) groups is 1. The van der Waals surface area contributed by atoms with Crippen LogP contribution in [0.25, 0.3) is 11.0 Å². The average Bonchev–Trinajstić information content (AvgIpc) is 2.85. The first-order valence-corrected chi connectivity index (χ1v) is 6.60. The van der Waals surface area contributed by atoms with E-state index < -0.39 is 0 Å². The van der Waals surface area contributed by atoms with Crippen molar-refractivity contribution in [2.45, 2.75) is 18.9 Å². The van der Waals surface area contributed by atoms with Crippen LogP contribution in [-0.2, 0) is 4.74 Å². The molecule has 2 aromatic rings. The molecule has 1 aromatic heterocycles. The highest BCUT2D eigenvalue weighted by molar-refractivity contribution is 6.03. The molecule has 1 aromatic carbocycles. The molecule has 2 heterocycles. The first kappa shape index (κ1) is 14.9. The number of rotatable bonds is 2. The number of esters is 1. The number of furan rings is 1. The van der Waals surface area contributed by atoms with Gasteiger partial charge in [0.1, 0.15) is 23.5 Å². The first-order valence-electron chi connectivity index (χ1n) is 6.60. The average molecular weight is 296 g/mol. The molecule has 0 saturated carbocycles. The van der Waals surface area contributed by atoms with E-state index in [1.54, 1.807) is 0 Å². The van der Waals surface area contributed by atoms with E-state index in [0.717, 1.165) is 36.9 Å². The van der Waals surface area contributed by atoms with E-state index >= 15 is 0 Å². The van der Waals surface area contributed by atoms with E-state index in [9.17, 15) is 4.79 Å². The molecule has 1 aliphatic rings. The van der Waals surface area contributed by atoms with Crippen molar-refractivity contribution in [3.05, 3.63) is 36.1 Å². The molecule has 0 radical (unpaired) electrons. The number of para-hydroxylation sites is 1. The molecule has 108 valence electrons. The van der Waals surface area contributed by atoms with Gasteiger partial charge in [0.25, 0.3) is 0 Å². The van der Waals surface area contributed by atoms with Crippen LogP contribution in [0.1, 0.15) is 23.2 Å². The van der Waals surface area contributed by atoms with Crippen LogP contribution in [0.3, 0.4) is 0 Å². The fraction of sp³-hybridized carbons (Fsp3) is 0.400. The van der Waals surface area contributed by atoms with Gasteiger partial charge in [-0.15, -0.1) is 12.4 Å². The summed E-state index contributed by atoms with van der Waals surface area (Å²) in [4.78, 5) is 14.4. The number of halogens is 1. The van der Waals surface area contributed by atoms with Gasteiger partial charge in [-0.25, -0.2) is 4.79 Å². The summed E-state index contributed by atoms with van der Waals surface area (Å²) in [7, 11) is 2.08. The van der Waals surface area contributed by atoms with Crippen molar-refractivity contribution in [1.29, 1.82) is 0 Å². The Balaban J connectivity index is 0.00000147. The fourth-order valence-electron chi connectivity index (χ4n) is 2.45. The lowest BCUT2D eigenvalue weighted by molar-refractivity contribution is 0.0140. The zero-order valence-corrected chi connectivity index (χ0v) is 12.2. The Bertz CT molecular complexity index is 588. The number of piperidine rings is 1. The molecule has 0 atom stereocenters. The molecule has 0 amide bonds. The number of likely N-dealkylation sites (tertiary alicyclic amines) is 1. The third-order valence-corrected chi connectivity index (χ3v) is 3.64. The lowest BCUT2D eigenvalue weighted by atomic mass is 10.1. The van der Waals surface area contributed by atoms with Crippen LogP contribution in [0, 0.1) is 0 Å². The summed E-state index contributed by atoms with van der Waals surface area (Å²) in [6.07, 6.45) is 3.32. The molecule has 4 nitrogen and oxygen atoms in total. The van der Waals surface area contributed by atoms with Crippen LogP contribution in [0.2, 0.25) is 0 Å². The van der Waals surface area contributed by atoms with Gasteiger partial charge in [-0.1, -0.05) is 18.2 Å². The molecule has 0 bridgehead atoms. The largest absolute Gasteiger partial charge is 0.463 e. The van der Waals surface area contributed by atoms with E-state index in [1.165, 1.54) is 6.26 Å². The lowest BCUT2D eigenvalue weighted by Crippen LogP contribution is -2.35. The van der Waals surface area contributed by atoms with Crippen molar-refractivity contribution in [2.24, 2.45) is 0 Å². The van der Waals surface area contributed by atoms with Gasteiger partial charge in [0, 0.05) is 18.5 Å². The molecule has 0 spiro atoms. The summed E-state index contributed by atoms with van der Waals surface area (Å²) < 4.78 is 10.9. The molecule has 1 fully saturated rings. The minimum atomic E-state index is -0.278. The Morgan fingerprint density at radius 3 is 2.75 bits per heavy atom. The highest BCUT2D eigenvalue weighted by Crippen LogP contribution is 2.23. The minimum Gasteiger partial charge on any atom is -0.463 e. The number of carbonyl (C=O) groups excluding carboxylic acids is 1. The Labute approximate surface area is 124 Å². The van der Waals surface area contributed by atoms with Gasteiger partial charge in [-0.05, 0) is 26.0 Å². The van der Waals surface area contributed by atoms with Gasteiger partial charge < -0.3 is 14.1 Å². The number of ether oxygens (including phenoxy) is 1. The first-order chi connectivity index (χ1) is 9.24. The maximum Gasteiger partial charge on any atom is 0.342 e. The smallest absolute Gasteiger partial charge is 0.342 e. The number of hydrogen-bond donors (Lipinski definition) is 0. The highest BCUT2D eigenvalue weighted by Gasteiger charge is 2.23. The highest BCUT2D eigenvalue weighted by atomic mass is 35.5. The van der Waals surface area contributed by atoms with Gasteiger partial charge in [0.05, 0.1) is 0 Å². The molecule has 5 heteroatoms. The van der Waals surface area contributed by atoms with E-state index in [0.29, 0.717) is 5.56 Å². The predicted octanol–water partition coefficient (Wildman–Crippen LogP) is 3.11. The second-order valence-corrected chi connectivity index (χ2v) is 5.05. The van der Waals surface area contributed by atoms with Crippen LogP contribution >= 0.6 is 12.4 Å². The standard InChI is InChI=1S/C15H17NO3.ClH/c1-16-8-6-11(7-9-16)19-15(17)13-10-18-14-5-3-2-4-12(13)14;/h2-5,10-11H,6-9H2,1H3;1H. The van der Waals surface area contributed by atoms with Crippen LogP contribution in [0.5, 0.6) is 0 Å². The van der Waals surface area contributed by atoms with Crippen molar-refractivity contribution in [3.8, 4) is 0 Å². The van der Waals surface area contributed by atoms with E-state index in [4.69, 9.17) is 9.15 Å². The Kier molecular flexibility index (Phi) is 4.68. The summed E-state index contributed by atoms with van der Waals surface area (Å²) in [5.74, 6) is -0.278. The molecule has 20 heavy (non-hydrogen) atoms. The van der Waals surface area contributed by atoms with Gasteiger partial charge >= 0.3 is 5.97 Å². The Morgan fingerprint density at radius 1 is 1.30 bits per heavy atom. The fourth-order valence-corrected chi connectivity index (χ4v) is 2.45. The molecule has 1 saturated heterocycles. The van der Waals surface area contributed by atoms with Crippen LogP contribution in [0.4, 0.5) is 0 Å². The molecule has 0 unspecified atom stereocenters. The molecule has 0 aliphatic carbocycles. The van der Waals surface area contributed by atoms with Crippen LogP contribution < -0.4 is 0 Å². The minimum absolute atomic E-state index is 0. The number of benzene rings is 1. The Morgan fingerprint density at radius 2 is 2.00 bits per heavy atom. The molecular formula is C15H18ClNO3. The zero-order valence-electron chi connectivity index (χ0n) is 11.4. The second-order valence-electron chi connectivity index (χ2n) is 5.05. The van der Waals surface area contributed by atoms with Crippen molar-refractivity contribution < 1.29 is 13.9 Å². The number of hydrogen-bond acceptors (Lipinski definition) is 4. The monoisotopic (exact) mass is 295 g/mol. The van der Waals surface area contributed by atoms with E-state index in [-0.39, 0.29) is 24.5 Å². The van der Waals surface area contributed by atoms with Gasteiger partial charge in [0.15, 0.2) is 0 Å². The van der Waals surface area contributed by atoms with Gasteiger partial charge in [0.2, 0.25) is 0 Å². The quantitative estimate of drug-likeness (QED) is 0.799. The normalized spacial score (nSPS) is 16.9. The second kappa shape index (κ2) is 6.29. The topological polar surface area (TPSA) is 42.7 Å².